The van der Waals surface area contributed by atoms with E-state index in [1.165, 1.54) is 0 Å². The molecule has 78 valence electrons. The average Bonchev–Trinajstić information content (AvgIpc) is 2.70. The first-order valence-electron chi connectivity index (χ1n) is 4.17. The van der Waals surface area contributed by atoms with Gasteiger partial charge in [-0.1, -0.05) is 18.2 Å². The SMILES string of the molecule is Cl.NC(=O)c1ccccc1-c1ccn[nH]1. The molecule has 0 bridgehead atoms. The van der Waals surface area contributed by atoms with E-state index in [1.54, 1.807) is 24.4 Å². The van der Waals surface area contributed by atoms with Gasteiger partial charge in [0, 0.05) is 17.3 Å². The quantitative estimate of drug-likeness (QED) is 0.812. The molecule has 1 aromatic carbocycles. The Labute approximate surface area is 92.9 Å². The fourth-order valence-electron chi connectivity index (χ4n) is 1.34. The Bertz CT molecular complexity index is 453. The van der Waals surface area contributed by atoms with Gasteiger partial charge in [-0.05, 0) is 12.1 Å². The van der Waals surface area contributed by atoms with Crippen molar-refractivity contribution in [3.05, 3.63) is 42.1 Å². The third-order valence-electron chi connectivity index (χ3n) is 1.98. The Morgan fingerprint density at radius 1 is 1.27 bits per heavy atom. The van der Waals surface area contributed by atoms with Crippen LogP contribution in [0.4, 0.5) is 0 Å². The monoisotopic (exact) mass is 223 g/mol. The van der Waals surface area contributed by atoms with Gasteiger partial charge in [0.15, 0.2) is 0 Å². The molecule has 4 nitrogen and oxygen atoms in total. The van der Waals surface area contributed by atoms with Crippen molar-refractivity contribution in [3.8, 4) is 11.3 Å². The lowest BCUT2D eigenvalue weighted by Crippen LogP contribution is -2.12. The van der Waals surface area contributed by atoms with Crippen molar-refractivity contribution in [2.24, 2.45) is 5.73 Å². The molecule has 0 saturated carbocycles. The number of amides is 1. The molecule has 1 amide bonds. The van der Waals surface area contributed by atoms with Gasteiger partial charge in [0.1, 0.15) is 0 Å². The number of carbonyl (C=O) groups is 1. The summed E-state index contributed by atoms with van der Waals surface area (Å²) in [4.78, 5) is 11.1. The summed E-state index contributed by atoms with van der Waals surface area (Å²) in [5.74, 6) is -0.435. The number of nitrogens with one attached hydrogen (secondary N) is 1. The molecule has 0 aliphatic heterocycles. The van der Waals surface area contributed by atoms with Crippen LogP contribution >= 0.6 is 12.4 Å². The first kappa shape index (κ1) is 11.3. The smallest absolute Gasteiger partial charge is 0.249 e. The summed E-state index contributed by atoms with van der Waals surface area (Å²) in [6.45, 7) is 0. The molecular weight excluding hydrogens is 214 g/mol. The lowest BCUT2D eigenvalue weighted by atomic mass is 10.0. The van der Waals surface area contributed by atoms with Gasteiger partial charge >= 0.3 is 0 Å². The molecule has 0 saturated heterocycles. The van der Waals surface area contributed by atoms with Gasteiger partial charge in [-0.15, -0.1) is 12.4 Å². The molecule has 0 atom stereocenters. The molecule has 2 aromatic rings. The summed E-state index contributed by atoms with van der Waals surface area (Å²) in [5, 5.41) is 6.61. The number of carbonyl (C=O) groups excluding carboxylic acids is 1. The molecule has 5 heteroatoms. The van der Waals surface area contributed by atoms with Crippen molar-refractivity contribution < 1.29 is 4.79 Å². The maximum atomic E-state index is 11.1. The van der Waals surface area contributed by atoms with E-state index in [2.05, 4.69) is 10.2 Å². The molecule has 2 rings (SSSR count). The van der Waals surface area contributed by atoms with Crippen LogP contribution in [-0.2, 0) is 0 Å². The summed E-state index contributed by atoms with van der Waals surface area (Å²) in [6, 6.07) is 8.94. The molecule has 0 unspecified atom stereocenters. The molecule has 0 fully saturated rings. The van der Waals surface area contributed by atoms with Crippen LogP contribution in [0.25, 0.3) is 11.3 Å². The topological polar surface area (TPSA) is 71.8 Å². The fraction of sp³-hybridized carbons (Fsp3) is 0. The van der Waals surface area contributed by atoms with Crippen LogP contribution in [0.1, 0.15) is 10.4 Å². The average molecular weight is 224 g/mol. The number of nitrogens with two attached hydrogens (primary N) is 1. The van der Waals surface area contributed by atoms with E-state index >= 15 is 0 Å². The Balaban J connectivity index is 0.00000112. The van der Waals surface area contributed by atoms with Gasteiger partial charge in [-0.25, -0.2) is 0 Å². The van der Waals surface area contributed by atoms with E-state index < -0.39 is 5.91 Å². The summed E-state index contributed by atoms with van der Waals surface area (Å²) < 4.78 is 0. The van der Waals surface area contributed by atoms with Crippen LogP contribution < -0.4 is 5.73 Å². The van der Waals surface area contributed by atoms with Gasteiger partial charge in [0.2, 0.25) is 5.91 Å². The summed E-state index contributed by atoms with van der Waals surface area (Å²) >= 11 is 0. The second-order valence-electron chi connectivity index (χ2n) is 2.88. The molecule has 0 aliphatic rings. The van der Waals surface area contributed by atoms with Crippen molar-refractivity contribution in [1.29, 1.82) is 0 Å². The zero-order chi connectivity index (χ0) is 9.97. The lowest BCUT2D eigenvalue weighted by Gasteiger charge is -2.02. The highest BCUT2D eigenvalue weighted by molar-refractivity contribution is 5.99. The highest BCUT2D eigenvalue weighted by Crippen LogP contribution is 2.20. The highest BCUT2D eigenvalue weighted by Gasteiger charge is 2.09. The summed E-state index contributed by atoms with van der Waals surface area (Å²) in [5.41, 5.74) is 7.31. The maximum absolute atomic E-state index is 11.1. The van der Waals surface area contributed by atoms with E-state index in [1.807, 2.05) is 12.1 Å². The number of rotatable bonds is 2. The van der Waals surface area contributed by atoms with Crippen LogP contribution in [-0.4, -0.2) is 16.1 Å². The van der Waals surface area contributed by atoms with Gasteiger partial charge < -0.3 is 5.73 Å². The van der Waals surface area contributed by atoms with Gasteiger partial charge in [0.25, 0.3) is 0 Å². The fourth-order valence-corrected chi connectivity index (χ4v) is 1.34. The molecule has 1 heterocycles. The van der Waals surface area contributed by atoms with Gasteiger partial charge in [-0.3, -0.25) is 9.89 Å². The molecule has 1 aromatic heterocycles. The molecule has 0 aliphatic carbocycles. The zero-order valence-corrected chi connectivity index (χ0v) is 8.62. The van der Waals surface area contributed by atoms with Crippen molar-refractivity contribution in [2.45, 2.75) is 0 Å². The molecular formula is C10H10ClN3O. The molecule has 0 radical (unpaired) electrons. The van der Waals surface area contributed by atoms with Crippen molar-refractivity contribution in [2.75, 3.05) is 0 Å². The molecule has 3 N–H and O–H groups in total. The number of primary amides is 1. The minimum Gasteiger partial charge on any atom is -0.366 e. The Morgan fingerprint density at radius 2 is 2.00 bits per heavy atom. The van der Waals surface area contributed by atoms with E-state index in [0.29, 0.717) is 5.56 Å². The number of aromatic amines is 1. The van der Waals surface area contributed by atoms with Crippen molar-refractivity contribution in [3.63, 3.8) is 0 Å². The third-order valence-corrected chi connectivity index (χ3v) is 1.98. The van der Waals surface area contributed by atoms with Gasteiger partial charge in [-0.2, -0.15) is 5.10 Å². The van der Waals surface area contributed by atoms with Crippen LogP contribution in [0.3, 0.4) is 0 Å². The van der Waals surface area contributed by atoms with Crippen LogP contribution in [0, 0.1) is 0 Å². The van der Waals surface area contributed by atoms with Gasteiger partial charge in [0.05, 0.1) is 5.69 Å². The number of benzene rings is 1. The first-order chi connectivity index (χ1) is 6.79. The number of halogens is 1. The minimum absolute atomic E-state index is 0. The number of aromatic nitrogens is 2. The maximum Gasteiger partial charge on any atom is 0.249 e. The largest absolute Gasteiger partial charge is 0.366 e. The molecule has 0 spiro atoms. The predicted molar refractivity (Wildman–Crippen MR) is 59.8 cm³/mol. The van der Waals surface area contributed by atoms with Crippen molar-refractivity contribution in [1.82, 2.24) is 10.2 Å². The summed E-state index contributed by atoms with van der Waals surface area (Å²) in [6.07, 6.45) is 1.63. The zero-order valence-electron chi connectivity index (χ0n) is 7.81. The predicted octanol–water partition coefficient (Wildman–Crippen LogP) is 1.60. The number of hydrogen-bond donors (Lipinski definition) is 2. The van der Waals surface area contributed by atoms with E-state index in [4.69, 9.17) is 5.73 Å². The number of hydrogen-bond acceptors (Lipinski definition) is 2. The first-order valence-corrected chi connectivity index (χ1v) is 4.17. The van der Waals surface area contributed by atoms with Crippen LogP contribution in [0.5, 0.6) is 0 Å². The van der Waals surface area contributed by atoms with E-state index in [-0.39, 0.29) is 12.4 Å². The lowest BCUT2D eigenvalue weighted by molar-refractivity contribution is 0.100. The molecule has 15 heavy (non-hydrogen) atoms. The Kier molecular flexibility index (Phi) is 3.46. The summed E-state index contributed by atoms with van der Waals surface area (Å²) in [7, 11) is 0. The number of H-pyrrole nitrogens is 1. The van der Waals surface area contributed by atoms with Crippen molar-refractivity contribution >= 4 is 18.3 Å². The Hall–Kier alpha value is -1.81. The van der Waals surface area contributed by atoms with E-state index in [0.717, 1.165) is 11.3 Å². The van der Waals surface area contributed by atoms with Crippen LogP contribution in [0.2, 0.25) is 0 Å². The normalized spacial score (nSPS) is 9.33. The standard InChI is InChI=1S/C10H9N3O.ClH/c11-10(14)8-4-2-1-3-7(8)9-5-6-12-13-9;/h1-6H,(H2,11,14)(H,12,13);1H. The highest BCUT2D eigenvalue weighted by atomic mass is 35.5. The van der Waals surface area contributed by atoms with Crippen LogP contribution in [0.15, 0.2) is 36.5 Å². The Morgan fingerprint density at radius 3 is 2.60 bits per heavy atom. The third kappa shape index (κ3) is 2.16. The van der Waals surface area contributed by atoms with E-state index in [9.17, 15) is 4.79 Å². The number of nitrogens with zero attached hydrogens (tertiary/aromatic N) is 1. The second kappa shape index (κ2) is 4.61. The minimum atomic E-state index is -0.435. The second-order valence-corrected chi connectivity index (χ2v) is 2.88.